The maximum Gasteiger partial charge on any atom is 0.305 e. The molecule has 5 rings (SSSR count). The Morgan fingerprint density at radius 2 is 1.39 bits per heavy atom. The predicted octanol–water partition coefficient (Wildman–Crippen LogP) is 7.18. The van der Waals surface area contributed by atoms with Gasteiger partial charge in [0, 0.05) is 29.2 Å². The van der Waals surface area contributed by atoms with Crippen molar-refractivity contribution in [2.45, 2.75) is 13.8 Å². The number of rotatable bonds is 7. The molecule has 0 bridgehead atoms. The lowest BCUT2D eigenvalue weighted by Gasteiger charge is -2.25. The summed E-state index contributed by atoms with van der Waals surface area (Å²) in [4.78, 5) is 32.5. The zero-order chi connectivity index (χ0) is 26.5. The molecule has 0 unspecified atom stereocenters. The van der Waals surface area contributed by atoms with Crippen molar-refractivity contribution in [3.05, 3.63) is 126 Å². The Hall–Kier alpha value is -4.97. The van der Waals surface area contributed by atoms with Crippen LogP contribution in [0.2, 0.25) is 0 Å². The Labute approximate surface area is 222 Å². The van der Waals surface area contributed by atoms with E-state index in [-0.39, 0.29) is 17.7 Å². The number of hydrogen-bond acceptors (Lipinski definition) is 5. The van der Waals surface area contributed by atoms with Gasteiger partial charge in [-0.05, 0) is 73.5 Å². The first-order valence-electron chi connectivity index (χ1n) is 12.4. The van der Waals surface area contributed by atoms with Gasteiger partial charge in [-0.2, -0.15) is 4.99 Å². The van der Waals surface area contributed by atoms with Crippen molar-refractivity contribution in [2.75, 3.05) is 11.4 Å². The third-order valence-electron chi connectivity index (χ3n) is 6.27. The van der Waals surface area contributed by atoms with Crippen LogP contribution in [0.1, 0.15) is 28.4 Å². The molecule has 6 heteroatoms. The standard InChI is InChI=1S/C32H27N3O3/c1-3-34-31(37)30(38-32(34)33-29-20-25(22-36)15-14-23(29)2)21-24-16-18-28(19-17-24)35(26-10-6-4-7-11-26)27-12-8-5-9-13-27/h4-22H,3H2,1-2H3/b30-21+,33-32?. The Bertz CT molecular complexity index is 1470. The number of carbonyl (C=O) groups is 2. The summed E-state index contributed by atoms with van der Waals surface area (Å²) in [6.45, 7) is 4.17. The molecule has 0 saturated carbocycles. The quantitative estimate of drug-likeness (QED) is 0.199. The molecular formula is C32H27N3O3. The summed E-state index contributed by atoms with van der Waals surface area (Å²) in [6, 6.07) is 33.7. The fraction of sp³-hybridized carbons (Fsp3) is 0.0938. The lowest BCUT2D eigenvalue weighted by atomic mass is 10.1. The molecule has 188 valence electrons. The molecule has 1 amide bonds. The molecule has 4 aromatic carbocycles. The van der Waals surface area contributed by atoms with Crippen molar-refractivity contribution in [1.82, 2.24) is 4.90 Å². The van der Waals surface area contributed by atoms with E-state index in [1.165, 1.54) is 4.90 Å². The minimum Gasteiger partial charge on any atom is -0.419 e. The fourth-order valence-electron chi connectivity index (χ4n) is 4.27. The van der Waals surface area contributed by atoms with Crippen molar-refractivity contribution in [1.29, 1.82) is 0 Å². The van der Waals surface area contributed by atoms with Crippen molar-refractivity contribution >= 4 is 47.0 Å². The zero-order valence-corrected chi connectivity index (χ0v) is 21.2. The SMILES string of the molecule is CCN1C(=O)/C(=C\c2ccc(N(c3ccccc3)c3ccccc3)cc2)OC1=Nc1cc(C=O)ccc1C. The first kappa shape index (κ1) is 24.7. The molecule has 0 atom stereocenters. The second-order valence-corrected chi connectivity index (χ2v) is 8.82. The third kappa shape index (κ3) is 5.11. The number of ether oxygens (including phenoxy) is 1. The monoisotopic (exact) mass is 501 g/mol. The van der Waals surface area contributed by atoms with E-state index < -0.39 is 0 Å². The number of aliphatic imine (C=N–C) groups is 1. The number of aldehydes is 1. The lowest BCUT2D eigenvalue weighted by Crippen LogP contribution is -2.29. The van der Waals surface area contributed by atoms with Gasteiger partial charge in [0.05, 0.1) is 5.69 Å². The number of anilines is 3. The predicted molar refractivity (Wildman–Crippen MR) is 151 cm³/mol. The van der Waals surface area contributed by atoms with E-state index in [0.29, 0.717) is 17.8 Å². The van der Waals surface area contributed by atoms with Crippen LogP contribution in [0.5, 0.6) is 0 Å². The molecule has 0 spiro atoms. The number of hydrogen-bond donors (Lipinski definition) is 0. The van der Waals surface area contributed by atoms with Crippen molar-refractivity contribution in [3.63, 3.8) is 0 Å². The summed E-state index contributed by atoms with van der Waals surface area (Å²) in [5, 5.41) is 0. The Morgan fingerprint density at radius 3 is 1.97 bits per heavy atom. The number of amides is 1. The average molecular weight is 502 g/mol. The highest BCUT2D eigenvalue weighted by atomic mass is 16.5. The van der Waals surface area contributed by atoms with E-state index in [2.05, 4.69) is 34.2 Å². The molecule has 1 heterocycles. The van der Waals surface area contributed by atoms with Gasteiger partial charge in [-0.3, -0.25) is 14.5 Å². The lowest BCUT2D eigenvalue weighted by molar-refractivity contribution is -0.122. The average Bonchev–Trinajstić information content (AvgIpc) is 3.25. The molecule has 1 saturated heterocycles. The second kappa shape index (κ2) is 11.0. The zero-order valence-electron chi connectivity index (χ0n) is 21.2. The van der Waals surface area contributed by atoms with Gasteiger partial charge in [-0.15, -0.1) is 0 Å². The largest absolute Gasteiger partial charge is 0.419 e. The summed E-state index contributed by atoms with van der Waals surface area (Å²) in [6.07, 6.45) is 2.49. The van der Waals surface area contributed by atoms with Crippen LogP contribution in [-0.4, -0.2) is 29.7 Å². The first-order valence-corrected chi connectivity index (χ1v) is 12.4. The van der Waals surface area contributed by atoms with Gasteiger partial charge in [-0.25, -0.2) is 0 Å². The second-order valence-electron chi connectivity index (χ2n) is 8.82. The minimum atomic E-state index is -0.255. The highest BCUT2D eigenvalue weighted by Gasteiger charge is 2.33. The number of carbonyl (C=O) groups excluding carboxylic acids is 2. The fourth-order valence-corrected chi connectivity index (χ4v) is 4.27. The number of likely N-dealkylation sites (N-methyl/N-ethyl adjacent to an activating group) is 1. The Morgan fingerprint density at radius 1 is 0.816 bits per heavy atom. The number of aryl methyl sites for hydroxylation is 1. The molecule has 38 heavy (non-hydrogen) atoms. The van der Waals surface area contributed by atoms with Gasteiger partial charge < -0.3 is 9.64 Å². The highest BCUT2D eigenvalue weighted by Crippen LogP contribution is 2.34. The summed E-state index contributed by atoms with van der Waals surface area (Å²) in [7, 11) is 0. The van der Waals surface area contributed by atoms with E-state index >= 15 is 0 Å². The Kier molecular flexibility index (Phi) is 7.13. The van der Waals surface area contributed by atoms with E-state index in [1.807, 2.05) is 80.6 Å². The van der Waals surface area contributed by atoms with E-state index in [0.717, 1.165) is 34.5 Å². The van der Waals surface area contributed by atoms with Gasteiger partial charge in [-0.1, -0.05) is 60.7 Å². The van der Waals surface area contributed by atoms with Crippen LogP contribution in [0, 0.1) is 6.92 Å². The van der Waals surface area contributed by atoms with E-state index in [9.17, 15) is 9.59 Å². The van der Waals surface area contributed by atoms with Gasteiger partial charge in [0.15, 0.2) is 5.76 Å². The summed E-state index contributed by atoms with van der Waals surface area (Å²) < 4.78 is 5.92. The van der Waals surface area contributed by atoms with Gasteiger partial charge >= 0.3 is 6.02 Å². The molecule has 0 radical (unpaired) electrons. The van der Waals surface area contributed by atoms with E-state index in [1.54, 1.807) is 18.2 Å². The van der Waals surface area contributed by atoms with Crippen LogP contribution in [0.4, 0.5) is 22.7 Å². The van der Waals surface area contributed by atoms with Crippen LogP contribution >= 0.6 is 0 Å². The topological polar surface area (TPSA) is 62.2 Å². The summed E-state index contributed by atoms with van der Waals surface area (Å²) in [5.41, 5.74) is 5.90. The first-order chi connectivity index (χ1) is 18.6. The molecule has 0 aliphatic carbocycles. The van der Waals surface area contributed by atoms with Gasteiger partial charge in [0.25, 0.3) is 5.91 Å². The van der Waals surface area contributed by atoms with E-state index in [4.69, 9.17) is 4.74 Å². The smallest absolute Gasteiger partial charge is 0.305 e. The van der Waals surface area contributed by atoms with Crippen molar-refractivity contribution in [3.8, 4) is 0 Å². The molecule has 1 aliphatic rings. The van der Waals surface area contributed by atoms with Crippen molar-refractivity contribution < 1.29 is 14.3 Å². The molecule has 6 nitrogen and oxygen atoms in total. The van der Waals surface area contributed by atoms with Gasteiger partial charge in [0.1, 0.15) is 6.29 Å². The molecular weight excluding hydrogens is 474 g/mol. The number of benzene rings is 4. The maximum absolute atomic E-state index is 13.1. The maximum atomic E-state index is 13.1. The minimum absolute atomic E-state index is 0.200. The molecule has 1 fully saturated rings. The number of nitrogens with zero attached hydrogens (tertiary/aromatic N) is 3. The number of para-hydroxylation sites is 2. The van der Waals surface area contributed by atoms with Crippen LogP contribution in [0.3, 0.4) is 0 Å². The summed E-state index contributed by atoms with van der Waals surface area (Å²) >= 11 is 0. The normalized spacial score (nSPS) is 15.1. The third-order valence-corrected chi connectivity index (χ3v) is 6.27. The van der Waals surface area contributed by atoms with Gasteiger partial charge in [0.2, 0.25) is 0 Å². The van der Waals surface area contributed by atoms with Crippen molar-refractivity contribution in [2.24, 2.45) is 4.99 Å². The summed E-state index contributed by atoms with van der Waals surface area (Å²) in [5.74, 6) is -0.0553. The van der Waals surface area contributed by atoms with Crippen LogP contribution < -0.4 is 4.90 Å². The van der Waals surface area contributed by atoms with Crippen LogP contribution in [0.25, 0.3) is 6.08 Å². The molecule has 0 N–H and O–H groups in total. The van der Waals surface area contributed by atoms with Crippen LogP contribution in [-0.2, 0) is 9.53 Å². The molecule has 4 aromatic rings. The van der Waals surface area contributed by atoms with Crippen LogP contribution in [0.15, 0.2) is 114 Å². The highest BCUT2D eigenvalue weighted by molar-refractivity contribution is 6.11. The molecule has 0 aromatic heterocycles. The number of amidine groups is 1. The Balaban J connectivity index is 1.44. The molecule has 1 aliphatic heterocycles.